The fraction of sp³-hybridized carbons (Fsp3) is 0.533. The fourth-order valence-corrected chi connectivity index (χ4v) is 3.51. The van der Waals surface area contributed by atoms with E-state index in [-0.39, 0.29) is 16.2 Å². The van der Waals surface area contributed by atoms with Gasteiger partial charge >= 0.3 is 5.97 Å². The Hall–Kier alpha value is -1.29. The topological polar surface area (TPSA) is 46.5 Å². The third kappa shape index (κ3) is 2.37. The molecule has 0 saturated heterocycles. The number of carboxylic acid groups (broad SMARTS) is 1. The molecule has 0 amide bonds. The molecule has 2 fully saturated rings. The van der Waals surface area contributed by atoms with E-state index in [1.807, 2.05) is 0 Å². The maximum atomic E-state index is 13.6. The molecule has 2 saturated carbocycles. The van der Waals surface area contributed by atoms with Crippen LogP contribution in [0.5, 0.6) is 5.75 Å². The average Bonchev–Trinajstić information content (AvgIpc) is 3.13. The molecule has 0 aromatic heterocycles. The van der Waals surface area contributed by atoms with Crippen LogP contribution in [0.2, 0.25) is 5.02 Å². The molecule has 1 N–H and O–H groups in total. The second kappa shape index (κ2) is 4.92. The van der Waals surface area contributed by atoms with Crippen LogP contribution in [-0.2, 0) is 0 Å². The summed E-state index contributed by atoms with van der Waals surface area (Å²) in [4.78, 5) is 10.8. The van der Waals surface area contributed by atoms with E-state index in [1.54, 1.807) is 0 Å². The van der Waals surface area contributed by atoms with Crippen molar-refractivity contribution in [3.63, 3.8) is 0 Å². The van der Waals surface area contributed by atoms with Gasteiger partial charge in [-0.1, -0.05) is 24.4 Å². The summed E-state index contributed by atoms with van der Waals surface area (Å²) in [5, 5.41) is 8.97. The molecule has 2 aliphatic carbocycles. The Morgan fingerprint density at radius 3 is 3.00 bits per heavy atom. The summed E-state index contributed by atoms with van der Waals surface area (Å²) in [7, 11) is 0. The predicted octanol–water partition coefficient (Wildman–Crippen LogP) is 4.14. The van der Waals surface area contributed by atoms with Crippen molar-refractivity contribution in [2.45, 2.75) is 32.1 Å². The smallest absolute Gasteiger partial charge is 0.338 e. The lowest BCUT2D eigenvalue weighted by Gasteiger charge is -2.22. The number of hydrogen-bond acceptors (Lipinski definition) is 2. The molecule has 108 valence electrons. The summed E-state index contributed by atoms with van der Waals surface area (Å²) in [6.07, 6.45) is 6.10. The molecule has 3 rings (SSSR count). The molecule has 0 radical (unpaired) electrons. The first kappa shape index (κ1) is 13.7. The average molecular weight is 299 g/mol. The quantitative estimate of drug-likeness (QED) is 0.909. The van der Waals surface area contributed by atoms with Gasteiger partial charge in [-0.2, -0.15) is 0 Å². The van der Waals surface area contributed by atoms with Crippen molar-refractivity contribution in [2.75, 3.05) is 6.61 Å². The number of carboxylic acids is 1. The van der Waals surface area contributed by atoms with E-state index < -0.39 is 17.3 Å². The summed E-state index contributed by atoms with van der Waals surface area (Å²) >= 11 is 5.97. The number of halogens is 2. The van der Waals surface area contributed by atoms with Crippen LogP contribution >= 0.6 is 11.6 Å². The van der Waals surface area contributed by atoms with E-state index in [2.05, 4.69) is 0 Å². The van der Waals surface area contributed by atoms with Gasteiger partial charge in [0.05, 0.1) is 17.2 Å². The van der Waals surface area contributed by atoms with E-state index in [1.165, 1.54) is 25.7 Å². The summed E-state index contributed by atoms with van der Waals surface area (Å²) in [5.41, 5.74) is -0.175. The third-order valence-electron chi connectivity index (χ3n) is 4.60. The Labute approximate surface area is 121 Å². The minimum Gasteiger partial charge on any atom is -0.491 e. The van der Waals surface area contributed by atoms with Gasteiger partial charge in [-0.05, 0) is 31.2 Å². The first-order valence-corrected chi connectivity index (χ1v) is 7.25. The van der Waals surface area contributed by atoms with Gasteiger partial charge in [0.2, 0.25) is 0 Å². The Balaban J connectivity index is 1.72. The van der Waals surface area contributed by atoms with Gasteiger partial charge in [-0.3, -0.25) is 0 Å². The molecule has 2 unspecified atom stereocenters. The second-order valence-corrected chi connectivity index (χ2v) is 6.27. The molecular weight excluding hydrogens is 283 g/mol. The van der Waals surface area contributed by atoms with Crippen molar-refractivity contribution in [3.8, 4) is 5.75 Å². The summed E-state index contributed by atoms with van der Waals surface area (Å²) in [6.45, 7) is 0.545. The Bertz CT molecular complexity index is 560. The Morgan fingerprint density at radius 1 is 1.50 bits per heavy atom. The van der Waals surface area contributed by atoms with Crippen LogP contribution < -0.4 is 4.74 Å². The highest BCUT2D eigenvalue weighted by molar-refractivity contribution is 6.32. The minimum atomic E-state index is -1.33. The molecule has 20 heavy (non-hydrogen) atoms. The number of ether oxygens (including phenoxy) is 1. The summed E-state index contributed by atoms with van der Waals surface area (Å²) in [5.74, 6) is -1.17. The molecular formula is C15H16ClFO3. The third-order valence-corrected chi connectivity index (χ3v) is 4.90. The van der Waals surface area contributed by atoms with Gasteiger partial charge in [-0.15, -0.1) is 0 Å². The summed E-state index contributed by atoms with van der Waals surface area (Å²) in [6, 6.07) is 2.18. The van der Waals surface area contributed by atoms with Crippen molar-refractivity contribution in [2.24, 2.45) is 11.3 Å². The van der Waals surface area contributed by atoms with Gasteiger partial charge in [0.15, 0.2) is 0 Å². The van der Waals surface area contributed by atoms with Crippen LogP contribution in [0.1, 0.15) is 42.5 Å². The van der Waals surface area contributed by atoms with Crippen molar-refractivity contribution in [1.29, 1.82) is 0 Å². The number of benzene rings is 1. The number of hydrogen-bond donors (Lipinski definition) is 1. The van der Waals surface area contributed by atoms with Crippen LogP contribution in [0.3, 0.4) is 0 Å². The molecule has 0 heterocycles. The van der Waals surface area contributed by atoms with Crippen LogP contribution in [0.25, 0.3) is 0 Å². The zero-order chi connectivity index (χ0) is 14.3. The van der Waals surface area contributed by atoms with Crippen LogP contribution in [0.15, 0.2) is 12.1 Å². The highest BCUT2D eigenvalue weighted by Crippen LogP contribution is 2.61. The Morgan fingerprint density at radius 2 is 2.30 bits per heavy atom. The van der Waals surface area contributed by atoms with E-state index in [9.17, 15) is 9.18 Å². The number of aromatic carboxylic acids is 1. The van der Waals surface area contributed by atoms with Gasteiger partial charge in [0, 0.05) is 11.5 Å². The normalized spacial score (nSPS) is 27.8. The van der Waals surface area contributed by atoms with Crippen molar-refractivity contribution >= 4 is 17.6 Å². The van der Waals surface area contributed by atoms with Crippen molar-refractivity contribution in [1.82, 2.24) is 0 Å². The highest BCUT2D eigenvalue weighted by atomic mass is 35.5. The van der Waals surface area contributed by atoms with Crippen LogP contribution in [0, 0.1) is 17.2 Å². The molecule has 1 aromatic rings. The maximum Gasteiger partial charge on any atom is 0.338 e. The monoisotopic (exact) mass is 298 g/mol. The lowest BCUT2D eigenvalue weighted by molar-refractivity contribution is 0.0691. The highest BCUT2D eigenvalue weighted by Gasteiger charge is 2.55. The first-order valence-electron chi connectivity index (χ1n) is 6.87. The molecule has 5 heteroatoms. The van der Waals surface area contributed by atoms with Crippen molar-refractivity contribution < 1.29 is 19.0 Å². The molecule has 0 aliphatic heterocycles. The van der Waals surface area contributed by atoms with E-state index in [4.69, 9.17) is 21.4 Å². The standard InChI is InChI=1S/C15H16ClFO3/c16-11-5-10(14(18)19)12(17)6-13(11)20-8-15-4-2-1-3-9(15)7-15/h5-6,9H,1-4,7-8H2,(H,18,19). The van der Waals surface area contributed by atoms with Crippen LogP contribution in [0.4, 0.5) is 4.39 Å². The number of rotatable bonds is 4. The van der Waals surface area contributed by atoms with E-state index >= 15 is 0 Å². The SMILES string of the molecule is O=C(O)c1cc(Cl)c(OCC23CCCCC2C3)cc1F. The second-order valence-electron chi connectivity index (χ2n) is 5.87. The largest absolute Gasteiger partial charge is 0.491 e. The number of fused-ring (bicyclic) bond motifs is 1. The van der Waals surface area contributed by atoms with Gasteiger partial charge < -0.3 is 9.84 Å². The zero-order valence-electron chi connectivity index (χ0n) is 11.0. The van der Waals surface area contributed by atoms with E-state index in [0.717, 1.165) is 24.5 Å². The van der Waals surface area contributed by atoms with Crippen LogP contribution in [-0.4, -0.2) is 17.7 Å². The Kier molecular flexibility index (Phi) is 3.36. The maximum absolute atomic E-state index is 13.6. The fourth-order valence-electron chi connectivity index (χ4n) is 3.29. The molecule has 0 spiro atoms. The molecule has 3 nitrogen and oxygen atoms in total. The zero-order valence-corrected chi connectivity index (χ0v) is 11.8. The molecule has 0 bridgehead atoms. The lowest BCUT2D eigenvalue weighted by atomic mass is 9.89. The molecule has 2 atom stereocenters. The minimum absolute atomic E-state index is 0.146. The lowest BCUT2D eigenvalue weighted by Crippen LogP contribution is -2.18. The van der Waals surface area contributed by atoms with E-state index in [0.29, 0.717) is 6.61 Å². The molecule has 1 aromatic carbocycles. The summed E-state index contributed by atoms with van der Waals surface area (Å²) < 4.78 is 19.3. The molecule has 2 aliphatic rings. The van der Waals surface area contributed by atoms with Gasteiger partial charge in [0.25, 0.3) is 0 Å². The van der Waals surface area contributed by atoms with Crippen molar-refractivity contribution in [3.05, 3.63) is 28.5 Å². The van der Waals surface area contributed by atoms with Gasteiger partial charge in [-0.25, -0.2) is 9.18 Å². The number of carbonyl (C=O) groups is 1. The predicted molar refractivity (Wildman–Crippen MR) is 72.9 cm³/mol. The van der Waals surface area contributed by atoms with Gasteiger partial charge in [0.1, 0.15) is 11.6 Å². The first-order chi connectivity index (χ1) is 9.52.